The fourth-order valence-corrected chi connectivity index (χ4v) is 10.9. The minimum atomic E-state index is -1.04. The Bertz CT molecular complexity index is 2500. The first-order chi connectivity index (χ1) is 32.6. The molecule has 4 fully saturated rings. The van der Waals surface area contributed by atoms with Crippen LogP contribution in [0.1, 0.15) is 165 Å². The molecule has 2 aliphatic carbocycles. The van der Waals surface area contributed by atoms with Gasteiger partial charge >= 0.3 is 0 Å². The SMILES string of the molecule is Cc1cc(N[C@@H](C)C2CC2)ncc1-c1sc(C(=O)NCC(C)(C)O)nc1C(=O)N1CCCC[C@@H]1C.Cc1cc(N[C@@H](C)C2CC2)ncc1-c1sc(C(=O)NCC(C)(C)O)nc1C(=O)N1CCC[C@@H]1C. The van der Waals surface area contributed by atoms with Gasteiger partial charge in [0.1, 0.15) is 23.0 Å². The van der Waals surface area contributed by atoms with Crippen molar-refractivity contribution >= 4 is 57.9 Å². The monoisotopic (exact) mass is 985 g/mol. The van der Waals surface area contributed by atoms with Crippen molar-refractivity contribution in [1.82, 2.24) is 40.4 Å². The van der Waals surface area contributed by atoms with Crippen LogP contribution in [0.3, 0.4) is 0 Å². The maximum atomic E-state index is 13.6. The zero-order valence-electron chi connectivity index (χ0n) is 42.0. The van der Waals surface area contributed by atoms with Gasteiger partial charge < -0.3 is 41.3 Å². The maximum Gasteiger partial charge on any atom is 0.280 e. The van der Waals surface area contributed by atoms with E-state index in [1.54, 1.807) is 40.1 Å². The second kappa shape index (κ2) is 21.5. The molecule has 2 saturated heterocycles. The van der Waals surface area contributed by atoms with Crippen LogP contribution in [-0.4, -0.2) is 125 Å². The van der Waals surface area contributed by atoms with Gasteiger partial charge in [0.25, 0.3) is 23.6 Å². The second-order valence-electron chi connectivity index (χ2n) is 21.0. The van der Waals surface area contributed by atoms with Gasteiger partial charge in [-0.15, -0.1) is 22.7 Å². The van der Waals surface area contributed by atoms with E-state index in [9.17, 15) is 29.4 Å². The first-order valence-corrected chi connectivity index (χ1v) is 26.3. The summed E-state index contributed by atoms with van der Waals surface area (Å²) in [5.74, 6) is 1.95. The van der Waals surface area contributed by atoms with Crippen molar-refractivity contribution in [1.29, 1.82) is 0 Å². The van der Waals surface area contributed by atoms with Crippen LogP contribution in [0, 0.1) is 25.7 Å². The Morgan fingerprint density at radius 3 is 1.38 bits per heavy atom. The molecule has 16 nitrogen and oxygen atoms in total. The summed E-state index contributed by atoms with van der Waals surface area (Å²) < 4.78 is 0. The van der Waals surface area contributed by atoms with Gasteiger partial charge in [0, 0.05) is 73.9 Å². The third-order valence-electron chi connectivity index (χ3n) is 13.4. The second-order valence-corrected chi connectivity index (χ2v) is 23.0. The van der Waals surface area contributed by atoms with Crippen LogP contribution in [0.5, 0.6) is 0 Å². The van der Waals surface area contributed by atoms with Crippen LogP contribution < -0.4 is 21.3 Å². The predicted molar refractivity (Wildman–Crippen MR) is 273 cm³/mol. The molecule has 4 atom stereocenters. The zero-order chi connectivity index (χ0) is 49.9. The molecule has 6 heterocycles. The van der Waals surface area contributed by atoms with Gasteiger partial charge in [-0.3, -0.25) is 19.2 Å². The molecule has 374 valence electrons. The van der Waals surface area contributed by atoms with E-state index in [1.807, 2.05) is 42.7 Å². The van der Waals surface area contributed by atoms with Crippen molar-refractivity contribution in [2.45, 2.75) is 162 Å². The van der Waals surface area contributed by atoms with Crippen molar-refractivity contribution in [3.63, 3.8) is 0 Å². The molecule has 2 saturated carbocycles. The number of carbonyl (C=O) groups excluding carboxylic acids is 4. The summed E-state index contributed by atoms with van der Waals surface area (Å²) in [4.78, 5) is 76.1. The minimum Gasteiger partial charge on any atom is -0.389 e. The molecule has 2 aliphatic heterocycles. The quantitative estimate of drug-likeness (QED) is 0.0629. The Hall–Kier alpha value is -5.04. The maximum absolute atomic E-state index is 13.6. The molecule has 0 unspecified atom stereocenters. The number of amides is 4. The molecule has 8 rings (SSSR count). The number of anilines is 2. The number of aromatic nitrogens is 4. The average Bonchev–Trinajstić information content (AvgIpc) is 4.20. The number of pyridine rings is 2. The van der Waals surface area contributed by atoms with Crippen LogP contribution >= 0.6 is 22.7 Å². The van der Waals surface area contributed by atoms with E-state index >= 15 is 0 Å². The van der Waals surface area contributed by atoms with Crippen LogP contribution in [-0.2, 0) is 0 Å². The van der Waals surface area contributed by atoms with Crippen molar-refractivity contribution in [3.8, 4) is 20.9 Å². The van der Waals surface area contributed by atoms with E-state index in [0.29, 0.717) is 58.2 Å². The summed E-state index contributed by atoms with van der Waals surface area (Å²) in [7, 11) is 0. The van der Waals surface area contributed by atoms with E-state index in [1.165, 1.54) is 48.4 Å². The molecule has 4 aromatic rings. The fraction of sp³-hybridized carbons (Fsp3) is 0.608. The number of hydrogen-bond donors (Lipinski definition) is 6. The van der Waals surface area contributed by atoms with Gasteiger partial charge in [-0.2, -0.15) is 0 Å². The molecular formula is C51H72N10O6S2. The Morgan fingerprint density at radius 1 is 0.652 bits per heavy atom. The number of nitrogens with one attached hydrogen (secondary N) is 4. The third kappa shape index (κ3) is 13.4. The predicted octanol–water partition coefficient (Wildman–Crippen LogP) is 8.09. The lowest BCUT2D eigenvalue weighted by atomic mass is 10.0. The van der Waals surface area contributed by atoms with Crippen molar-refractivity contribution in [2.75, 3.05) is 36.8 Å². The van der Waals surface area contributed by atoms with E-state index in [-0.39, 0.29) is 47.0 Å². The van der Waals surface area contributed by atoms with Gasteiger partial charge in [-0.1, -0.05) is 0 Å². The summed E-state index contributed by atoms with van der Waals surface area (Å²) in [5, 5.41) is 32.8. The van der Waals surface area contributed by atoms with Crippen molar-refractivity contribution in [3.05, 3.63) is 57.1 Å². The Morgan fingerprint density at radius 2 is 1.04 bits per heavy atom. The Balaban J connectivity index is 0.000000204. The van der Waals surface area contributed by atoms with E-state index < -0.39 is 23.0 Å². The van der Waals surface area contributed by atoms with E-state index in [2.05, 4.69) is 62.0 Å². The highest BCUT2D eigenvalue weighted by Gasteiger charge is 2.35. The van der Waals surface area contributed by atoms with Crippen molar-refractivity contribution < 1.29 is 29.4 Å². The van der Waals surface area contributed by atoms with E-state index in [4.69, 9.17) is 0 Å². The lowest BCUT2D eigenvalue weighted by molar-refractivity contribution is 0.0629. The highest BCUT2D eigenvalue weighted by molar-refractivity contribution is 7.17. The molecule has 4 aliphatic rings. The number of thiazole rings is 2. The minimum absolute atomic E-state index is 0.0906. The molecule has 18 heteroatoms. The molecule has 0 radical (unpaired) electrons. The number of aliphatic hydroxyl groups is 2. The number of nitrogens with zero attached hydrogens (tertiary/aromatic N) is 6. The van der Waals surface area contributed by atoms with E-state index in [0.717, 1.165) is 66.0 Å². The lowest BCUT2D eigenvalue weighted by Crippen LogP contribution is -2.42. The Labute approximate surface area is 414 Å². The van der Waals surface area contributed by atoms with Gasteiger partial charge in [-0.25, -0.2) is 19.9 Å². The van der Waals surface area contributed by atoms with Crippen molar-refractivity contribution in [2.24, 2.45) is 11.8 Å². The Kier molecular flexibility index (Phi) is 16.2. The van der Waals surface area contributed by atoms with Gasteiger partial charge in [0.05, 0.1) is 21.0 Å². The third-order valence-corrected chi connectivity index (χ3v) is 15.6. The largest absolute Gasteiger partial charge is 0.389 e. The molecule has 0 aromatic carbocycles. The molecule has 0 bridgehead atoms. The van der Waals surface area contributed by atoms with Gasteiger partial charge in [-0.05, 0) is 162 Å². The molecule has 69 heavy (non-hydrogen) atoms. The lowest BCUT2D eigenvalue weighted by Gasteiger charge is -2.33. The number of carbonyl (C=O) groups is 4. The fourth-order valence-electron chi connectivity index (χ4n) is 8.78. The zero-order valence-corrected chi connectivity index (χ0v) is 43.6. The standard InChI is InChI=1S/C26H37N5O3S.C25H35N5O3S/c1-15-12-20(29-17(3)18-9-10-18)27-13-19(15)22-21(25(33)31-11-7-6-8-16(31)2)30-24(35-22)23(32)28-14-26(4,5)34;1-14-11-19(28-16(3)17-8-9-17)26-12-18(14)21-20(24(32)30-10-6-7-15(30)2)29-23(34-21)22(31)27-13-25(4,5)33/h12-13,16-18,34H,6-11,14H2,1-5H3,(H,27,29)(H,28,32);11-12,15-17,33H,6-10,13H2,1-5H3,(H,26,28)(H,27,31)/t16-,17-;15-,16-/m00/s1. The molecule has 6 N–H and O–H groups in total. The number of piperidine rings is 1. The summed E-state index contributed by atoms with van der Waals surface area (Å²) in [5.41, 5.74) is 2.06. The number of aryl methyl sites for hydroxylation is 2. The topological polar surface area (TPSA) is 215 Å². The first-order valence-electron chi connectivity index (χ1n) is 24.7. The van der Waals surface area contributed by atoms with Crippen LogP contribution in [0.25, 0.3) is 20.9 Å². The summed E-state index contributed by atoms with van der Waals surface area (Å²) in [6.45, 7) is 20.5. The molecular weight excluding hydrogens is 913 g/mol. The summed E-state index contributed by atoms with van der Waals surface area (Å²) in [6.07, 6.45) is 13.5. The van der Waals surface area contributed by atoms with Crippen LogP contribution in [0.4, 0.5) is 11.6 Å². The number of likely N-dealkylation sites (tertiary alicyclic amines) is 2. The molecule has 4 aromatic heterocycles. The van der Waals surface area contributed by atoms with Crippen LogP contribution in [0.2, 0.25) is 0 Å². The normalized spacial score (nSPS) is 19.3. The highest BCUT2D eigenvalue weighted by atomic mass is 32.1. The van der Waals surface area contributed by atoms with Gasteiger partial charge in [0.15, 0.2) is 10.0 Å². The molecule has 0 spiro atoms. The summed E-state index contributed by atoms with van der Waals surface area (Å²) in [6, 6.07) is 5.02. The number of rotatable bonds is 16. The average molecular weight is 985 g/mol. The first kappa shape index (κ1) is 51.8. The molecule has 4 amide bonds. The van der Waals surface area contributed by atoms with Crippen LogP contribution in [0.15, 0.2) is 24.5 Å². The van der Waals surface area contributed by atoms with Gasteiger partial charge in [0.2, 0.25) is 0 Å². The number of hydrogen-bond acceptors (Lipinski definition) is 14. The summed E-state index contributed by atoms with van der Waals surface area (Å²) >= 11 is 2.40. The highest BCUT2D eigenvalue weighted by Crippen LogP contribution is 2.39. The smallest absolute Gasteiger partial charge is 0.280 e.